The van der Waals surface area contributed by atoms with E-state index in [4.69, 9.17) is 0 Å². The minimum Gasteiger partial charge on any atom is -0.300 e. The molecule has 62 valence electrons. The minimum atomic E-state index is 0.110. The largest absolute Gasteiger partial charge is 0.300 e. The lowest BCUT2D eigenvalue weighted by atomic mass is 9.91. The third-order valence-electron chi connectivity index (χ3n) is 2.28. The summed E-state index contributed by atoms with van der Waals surface area (Å²) in [6, 6.07) is 0. The molecule has 1 unspecified atom stereocenters. The molecule has 2 nitrogen and oxygen atoms in total. The van der Waals surface area contributed by atoms with Crippen molar-refractivity contribution in [3.63, 3.8) is 0 Å². The number of Topliss-reactive ketones (excluding diaryl/α,β-unsaturated/α-hetero) is 2. The van der Waals surface area contributed by atoms with Crippen molar-refractivity contribution in [2.75, 3.05) is 0 Å². The Balaban J connectivity index is 2.47. The molecule has 0 aromatic rings. The fourth-order valence-electron chi connectivity index (χ4n) is 1.37. The van der Waals surface area contributed by atoms with Crippen molar-refractivity contribution in [2.24, 2.45) is 5.92 Å². The van der Waals surface area contributed by atoms with Gasteiger partial charge in [0.05, 0.1) is 0 Å². The lowest BCUT2D eigenvalue weighted by Crippen LogP contribution is -2.16. The van der Waals surface area contributed by atoms with Crippen LogP contribution in [-0.4, -0.2) is 11.6 Å². The molecule has 0 aromatic carbocycles. The maximum atomic E-state index is 11.2. The molecule has 1 atom stereocenters. The average Bonchev–Trinajstić information content (AvgIpc) is 1.98. The van der Waals surface area contributed by atoms with Gasteiger partial charge in [0.2, 0.25) is 0 Å². The molecule has 11 heavy (non-hydrogen) atoms. The lowest BCUT2D eigenvalue weighted by molar-refractivity contribution is -0.125. The van der Waals surface area contributed by atoms with Crippen LogP contribution in [-0.2, 0) is 9.59 Å². The van der Waals surface area contributed by atoms with E-state index in [1.165, 1.54) is 0 Å². The Morgan fingerprint density at radius 3 is 2.64 bits per heavy atom. The minimum absolute atomic E-state index is 0.110. The summed E-state index contributed by atoms with van der Waals surface area (Å²) in [5, 5.41) is 0. The molecule has 1 aliphatic carbocycles. The molecular weight excluding hydrogens is 140 g/mol. The quantitative estimate of drug-likeness (QED) is 0.532. The van der Waals surface area contributed by atoms with E-state index in [2.05, 4.69) is 0 Å². The Bertz CT molecular complexity index is 172. The number of hydrogen-bond acceptors (Lipinski definition) is 2. The van der Waals surface area contributed by atoms with Crippen LogP contribution in [0.3, 0.4) is 0 Å². The van der Waals surface area contributed by atoms with Gasteiger partial charge in [0, 0.05) is 25.2 Å². The first kappa shape index (κ1) is 8.44. The van der Waals surface area contributed by atoms with Gasteiger partial charge in [-0.25, -0.2) is 0 Å². The van der Waals surface area contributed by atoms with Crippen LogP contribution in [0.25, 0.3) is 0 Å². The second-order valence-electron chi connectivity index (χ2n) is 3.30. The summed E-state index contributed by atoms with van der Waals surface area (Å²) in [6.45, 7) is 1.92. The topological polar surface area (TPSA) is 34.1 Å². The van der Waals surface area contributed by atoms with Gasteiger partial charge in [-0.3, -0.25) is 9.59 Å². The molecule has 0 heterocycles. The van der Waals surface area contributed by atoms with E-state index in [9.17, 15) is 9.59 Å². The van der Waals surface area contributed by atoms with Crippen molar-refractivity contribution in [3.8, 4) is 0 Å². The molecule has 0 radical (unpaired) electrons. The molecule has 0 bridgehead atoms. The first-order chi connectivity index (χ1) is 5.20. The van der Waals surface area contributed by atoms with Crippen molar-refractivity contribution in [1.82, 2.24) is 0 Å². The summed E-state index contributed by atoms with van der Waals surface area (Å²) >= 11 is 0. The predicted molar refractivity (Wildman–Crippen MR) is 42.3 cm³/mol. The van der Waals surface area contributed by atoms with Gasteiger partial charge in [-0.1, -0.05) is 6.92 Å². The Morgan fingerprint density at radius 2 is 1.91 bits per heavy atom. The average molecular weight is 154 g/mol. The molecule has 0 aromatic heterocycles. The van der Waals surface area contributed by atoms with Crippen LogP contribution in [0.4, 0.5) is 0 Å². The summed E-state index contributed by atoms with van der Waals surface area (Å²) in [6.07, 6.45) is 3.35. The normalized spacial score (nSPS) is 27.9. The first-order valence-corrected chi connectivity index (χ1v) is 4.24. The second kappa shape index (κ2) is 3.65. The Kier molecular flexibility index (Phi) is 2.80. The van der Waals surface area contributed by atoms with Crippen molar-refractivity contribution in [1.29, 1.82) is 0 Å². The molecule has 0 amide bonds. The van der Waals surface area contributed by atoms with E-state index < -0.39 is 0 Å². The number of ketones is 2. The van der Waals surface area contributed by atoms with Gasteiger partial charge in [-0.2, -0.15) is 0 Å². The summed E-state index contributed by atoms with van der Waals surface area (Å²) in [4.78, 5) is 22.1. The molecule has 1 saturated carbocycles. The van der Waals surface area contributed by atoms with E-state index >= 15 is 0 Å². The van der Waals surface area contributed by atoms with Gasteiger partial charge in [-0.15, -0.1) is 0 Å². The predicted octanol–water partition coefficient (Wildman–Crippen LogP) is 1.72. The Labute approximate surface area is 67.0 Å². The number of rotatable bonds is 0. The summed E-state index contributed by atoms with van der Waals surface area (Å²) in [5.41, 5.74) is 0. The van der Waals surface area contributed by atoms with Gasteiger partial charge >= 0.3 is 0 Å². The highest BCUT2D eigenvalue weighted by Gasteiger charge is 2.17. The van der Waals surface area contributed by atoms with E-state index in [1.54, 1.807) is 0 Å². The van der Waals surface area contributed by atoms with E-state index in [-0.39, 0.29) is 5.92 Å². The number of carbonyl (C=O) groups excluding carboxylic acids is 2. The molecule has 2 heteroatoms. The van der Waals surface area contributed by atoms with E-state index in [1.807, 2.05) is 6.92 Å². The molecule has 0 N–H and O–H groups in total. The third kappa shape index (κ3) is 2.45. The molecular formula is C9H14O2. The van der Waals surface area contributed by atoms with Gasteiger partial charge in [0.15, 0.2) is 0 Å². The third-order valence-corrected chi connectivity index (χ3v) is 2.28. The van der Waals surface area contributed by atoms with E-state index in [0.717, 1.165) is 12.8 Å². The van der Waals surface area contributed by atoms with Crippen LogP contribution >= 0.6 is 0 Å². The Morgan fingerprint density at radius 1 is 1.18 bits per heavy atom. The van der Waals surface area contributed by atoms with Crippen LogP contribution in [0.5, 0.6) is 0 Å². The fourth-order valence-corrected chi connectivity index (χ4v) is 1.37. The van der Waals surface area contributed by atoms with Gasteiger partial charge < -0.3 is 0 Å². The molecule has 0 saturated heterocycles. The number of hydrogen-bond donors (Lipinski definition) is 0. The first-order valence-electron chi connectivity index (χ1n) is 4.24. The van der Waals surface area contributed by atoms with Crippen LogP contribution in [0.2, 0.25) is 0 Å². The zero-order valence-electron chi connectivity index (χ0n) is 6.93. The van der Waals surface area contributed by atoms with Gasteiger partial charge in [0.1, 0.15) is 11.6 Å². The monoisotopic (exact) mass is 154 g/mol. The van der Waals surface area contributed by atoms with Crippen molar-refractivity contribution >= 4 is 11.6 Å². The van der Waals surface area contributed by atoms with Crippen LogP contribution in [0, 0.1) is 5.92 Å². The standard InChI is InChI=1S/C9H14O2/c1-7-5-6-8(10)3-2-4-9(7)11/h7H,2-6H2,1H3. The van der Waals surface area contributed by atoms with Gasteiger partial charge in [0.25, 0.3) is 0 Å². The Hall–Kier alpha value is -0.660. The summed E-state index contributed by atoms with van der Waals surface area (Å²) in [7, 11) is 0. The highest BCUT2D eigenvalue weighted by Crippen LogP contribution is 2.16. The molecule has 1 aliphatic rings. The van der Waals surface area contributed by atoms with Crippen LogP contribution < -0.4 is 0 Å². The van der Waals surface area contributed by atoms with Crippen LogP contribution in [0.15, 0.2) is 0 Å². The second-order valence-corrected chi connectivity index (χ2v) is 3.30. The van der Waals surface area contributed by atoms with Crippen molar-refractivity contribution < 1.29 is 9.59 Å². The van der Waals surface area contributed by atoms with Gasteiger partial charge in [-0.05, 0) is 12.8 Å². The number of carbonyl (C=O) groups is 2. The fraction of sp³-hybridized carbons (Fsp3) is 0.778. The van der Waals surface area contributed by atoms with Crippen LogP contribution in [0.1, 0.15) is 39.0 Å². The zero-order valence-corrected chi connectivity index (χ0v) is 6.93. The van der Waals surface area contributed by atoms with Crippen molar-refractivity contribution in [3.05, 3.63) is 0 Å². The van der Waals surface area contributed by atoms with E-state index in [0.29, 0.717) is 30.8 Å². The maximum Gasteiger partial charge on any atom is 0.135 e. The molecule has 0 spiro atoms. The highest BCUT2D eigenvalue weighted by molar-refractivity contribution is 5.85. The molecule has 0 aliphatic heterocycles. The maximum absolute atomic E-state index is 11.2. The molecule has 1 rings (SSSR count). The SMILES string of the molecule is CC1CCC(=O)CCCC1=O. The smallest absolute Gasteiger partial charge is 0.135 e. The summed E-state index contributed by atoms with van der Waals surface area (Å²) < 4.78 is 0. The highest BCUT2D eigenvalue weighted by atomic mass is 16.1. The zero-order chi connectivity index (χ0) is 8.27. The lowest BCUT2D eigenvalue weighted by Gasteiger charge is -2.12. The summed E-state index contributed by atoms with van der Waals surface area (Å²) in [5.74, 6) is 0.765. The molecule has 1 fully saturated rings. The van der Waals surface area contributed by atoms with Crippen molar-refractivity contribution in [2.45, 2.75) is 39.0 Å².